The second-order valence-corrected chi connectivity index (χ2v) is 6.49. The summed E-state index contributed by atoms with van der Waals surface area (Å²) in [5.41, 5.74) is 7.84. The molecule has 2 aromatic heterocycles. The molecule has 7 nitrogen and oxygen atoms in total. The quantitative estimate of drug-likeness (QED) is 0.856. The van der Waals surface area contributed by atoms with Gasteiger partial charge in [0.15, 0.2) is 0 Å². The van der Waals surface area contributed by atoms with E-state index in [2.05, 4.69) is 14.8 Å². The summed E-state index contributed by atoms with van der Waals surface area (Å²) >= 11 is 0. The van der Waals surface area contributed by atoms with Crippen molar-refractivity contribution in [2.24, 2.45) is 5.73 Å². The molecule has 0 saturated carbocycles. The summed E-state index contributed by atoms with van der Waals surface area (Å²) in [5, 5.41) is 4.23. The van der Waals surface area contributed by atoms with Crippen LogP contribution in [-0.4, -0.2) is 29.7 Å². The van der Waals surface area contributed by atoms with Crippen LogP contribution >= 0.6 is 0 Å². The van der Waals surface area contributed by atoms with Gasteiger partial charge in [-0.25, -0.2) is 8.42 Å². The highest BCUT2D eigenvalue weighted by atomic mass is 32.2. The van der Waals surface area contributed by atoms with Gasteiger partial charge in [-0.2, -0.15) is 5.10 Å². The van der Waals surface area contributed by atoms with Crippen LogP contribution in [0.4, 0.5) is 5.69 Å². The molecule has 21 heavy (non-hydrogen) atoms. The Labute approximate surface area is 124 Å². The van der Waals surface area contributed by atoms with Gasteiger partial charge < -0.3 is 5.73 Å². The fourth-order valence-corrected chi connectivity index (χ4v) is 3.67. The number of hydrogen-bond acceptors (Lipinski definition) is 5. The Bertz CT molecular complexity index is 752. The topological polar surface area (TPSA) is 103 Å². The number of aromatic nitrogens is 3. The maximum absolute atomic E-state index is 12.5. The molecule has 0 amide bonds. The van der Waals surface area contributed by atoms with Gasteiger partial charge in [-0.3, -0.25) is 14.4 Å². The van der Waals surface area contributed by atoms with Gasteiger partial charge in [-0.05, 0) is 32.4 Å². The summed E-state index contributed by atoms with van der Waals surface area (Å²) in [5.74, 6) is 0. The Morgan fingerprint density at radius 3 is 2.62 bits per heavy atom. The maximum Gasteiger partial charge on any atom is 0.265 e. The minimum atomic E-state index is -3.70. The third kappa shape index (κ3) is 3.22. The van der Waals surface area contributed by atoms with Crippen LogP contribution < -0.4 is 10.5 Å². The van der Waals surface area contributed by atoms with Crippen molar-refractivity contribution in [1.29, 1.82) is 0 Å². The molecular weight excluding hydrogens is 290 g/mol. The Morgan fingerprint density at radius 2 is 2.00 bits per heavy atom. The number of sulfonamides is 1. The number of nitrogens with one attached hydrogen (secondary N) is 1. The number of aryl methyl sites for hydroxylation is 2. The van der Waals surface area contributed by atoms with Crippen LogP contribution in [0.15, 0.2) is 23.4 Å². The van der Waals surface area contributed by atoms with Crippen molar-refractivity contribution >= 4 is 15.7 Å². The molecule has 0 atom stereocenters. The lowest BCUT2D eigenvalue weighted by molar-refractivity contribution is 0.593. The first-order valence-corrected chi connectivity index (χ1v) is 8.02. The molecule has 2 aromatic rings. The SMILES string of the molecule is Cc1cncc(NS(=O)(=O)c2c(C)nn(CCN)c2C)c1. The lowest BCUT2D eigenvalue weighted by Crippen LogP contribution is -2.16. The molecule has 0 bridgehead atoms. The van der Waals surface area contributed by atoms with Gasteiger partial charge in [0.05, 0.1) is 29.8 Å². The highest BCUT2D eigenvalue weighted by Crippen LogP contribution is 2.22. The second-order valence-electron chi connectivity index (χ2n) is 4.87. The molecule has 0 radical (unpaired) electrons. The van der Waals surface area contributed by atoms with Crippen LogP contribution in [0.3, 0.4) is 0 Å². The molecule has 0 aromatic carbocycles. The molecule has 2 rings (SSSR count). The fourth-order valence-electron chi connectivity index (χ4n) is 2.23. The van der Waals surface area contributed by atoms with Gasteiger partial charge in [-0.1, -0.05) is 0 Å². The first kappa shape index (κ1) is 15.5. The minimum Gasteiger partial charge on any atom is -0.329 e. The molecule has 0 aliphatic heterocycles. The molecule has 0 fully saturated rings. The van der Waals surface area contributed by atoms with Gasteiger partial charge >= 0.3 is 0 Å². The van der Waals surface area contributed by atoms with Gasteiger partial charge in [0.1, 0.15) is 4.90 Å². The van der Waals surface area contributed by atoms with E-state index in [1.54, 1.807) is 30.8 Å². The molecule has 0 aliphatic carbocycles. The van der Waals surface area contributed by atoms with E-state index in [0.29, 0.717) is 30.2 Å². The van der Waals surface area contributed by atoms with E-state index in [4.69, 9.17) is 5.73 Å². The smallest absolute Gasteiger partial charge is 0.265 e. The van der Waals surface area contributed by atoms with E-state index >= 15 is 0 Å². The zero-order valence-corrected chi connectivity index (χ0v) is 13.1. The summed E-state index contributed by atoms with van der Waals surface area (Å²) in [6, 6.07) is 1.72. The third-order valence-electron chi connectivity index (χ3n) is 3.05. The number of nitrogens with two attached hydrogens (primary N) is 1. The standard InChI is InChI=1S/C13H19N5O2S/c1-9-6-12(8-15-7-9)17-21(19,20)13-10(2)16-18(5-4-14)11(13)3/h6-8,17H,4-5,14H2,1-3H3. The van der Waals surface area contributed by atoms with Crippen LogP contribution in [0.2, 0.25) is 0 Å². The Hall–Kier alpha value is -1.93. The highest BCUT2D eigenvalue weighted by molar-refractivity contribution is 7.92. The number of rotatable bonds is 5. The van der Waals surface area contributed by atoms with Crippen molar-refractivity contribution in [3.63, 3.8) is 0 Å². The zero-order chi connectivity index (χ0) is 15.6. The van der Waals surface area contributed by atoms with Crippen molar-refractivity contribution in [2.75, 3.05) is 11.3 Å². The summed E-state index contributed by atoms with van der Waals surface area (Å²) in [7, 11) is -3.70. The second kappa shape index (κ2) is 5.82. The average molecular weight is 309 g/mol. The normalized spacial score (nSPS) is 11.6. The molecule has 3 N–H and O–H groups in total. The van der Waals surface area contributed by atoms with Crippen LogP contribution in [0, 0.1) is 20.8 Å². The van der Waals surface area contributed by atoms with Gasteiger partial charge in [0.2, 0.25) is 0 Å². The van der Waals surface area contributed by atoms with Crippen LogP contribution in [0.25, 0.3) is 0 Å². The van der Waals surface area contributed by atoms with Crippen molar-refractivity contribution in [2.45, 2.75) is 32.2 Å². The van der Waals surface area contributed by atoms with Crippen molar-refractivity contribution in [1.82, 2.24) is 14.8 Å². The van der Waals surface area contributed by atoms with E-state index < -0.39 is 10.0 Å². The minimum absolute atomic E-state index is 0.192. The maximum atomic E-state index is 12.5. The largest absolute Gasteiger partial charge is 0.329 e. The summed E-state index contributed by atoms with van der Waals surface area (Å²) in [4.78, 5) is 4.17. The summed E-state index contributed by atoms with van der Waals surface area (Å²) in [6.45, 7) is 6.12. The Morgan fingerprint density at radius 1 is 1.29 bits per heavy atom. The molecule has 0 aliphatic rings. The predicted molar refractivity (Wildman–Crippen MR) is 80.5 cm³/mol. The molecule has 2 heterocycles. The number of anilines is 1. The predicted octanol–water partition coefficient (Wildman–Crippen LogP) is 0.963. The van der Waals surface area contributed by atoms with Crippen molar-refractivity contribution in [3.8, 4) is 0 Å². The molecule has 0 spiro atoms. The average Bonchev–Trinajstić information content (AvgIpc) is 2.64. The zero-order valence-electron chi connectivity index (χ0n) is 12.3. The molecule has 0 unspecified atom stereocenters. The van der Waals surface area contributed by atoms with Gasteiger partial charge in [0, 0.05) is 12.7 Å². The number of pyridine rings is 1. The van der Waals surface area contributed by atoms with E-state index in [-0.39, 0.29) is 4.90 Å². The van der Waals surface area contributed by atoms with Crippen molar-refractivity contribution < 1.29 is 8.42 Å². The van der Waals surface area contributed by atoms with Crippen LogP contribution in [0.5, 0.6) is 0 Å². The molecule has 114 valence electrons. The molecular formula is C13H19N5O2S. The van der Waals surface area contributed by atoms with E-state index in [1.807, 2.05) is 6.92 Å². The first-order chi connectivity index (χ1) is 9.85. The monoisotopic (exact) mass is 309 g/mol. The third-order valence-corrected chi connectivity index (χ3v) is 4.68. The summed E-state index contributed by atoms with van der Waals surface area (Å²) < 4.78 is 29.2. The lowest BCUT2D eigenvalue weighted by Gasteiger charge is -2.09. The van der Waals surface area contributed by atoms with Crippen LogP contribution in [-0.2, 0) is 16.6 Å². The lowest BCUT2D eigenvalue weighted by atomic mass is 10.3. The first-order valence-electron chi connectivity index (χ1n) is 6.53. The number of hydrogen-bond donors (Lipinski definition) is 2. The Kier molecular flexibility index (Phi) is 4.29. The van der Waals surface area contributed by atoms with Gasteiger partial charge in [-0.15, -0.1) is 0 Å². The molecule has 0 saturated heterocycles. The van der Waals surface area contributed by atoms with E-state index in [1.165, 1.54) is 6.20 Å². The van der Waals surface area contributed by atoms with Crippen LogP contribution in [0.1, 0.15) is 17.0 Å². The fraction of sp³-hybridized carbons (Fsp3) is 0.385. The summed E-state index contributed by atoms with van der Waals surface area (Å²) in [6.07, 6.45) is 3.13. The van der Waals surface area contributed by atoms with Gasteiger partial charge in [0.25, 0.3) is 10.0 Å². The highest BCUT2D eigenvalue weighted by Gasteiger charge is 2.24. The van der Waals surface area contributed by atoms with Crippen molar-refractivity contribution in [3.05, 3.63) is 35.4 Å². The Balaban J connectivity index is 2.40. The van der Waals surface area contributed by atoms with E-state index in [0.717, 1.165) is 5.56 Å². The molecule has 8 heteroatoms. The number of nitrogens with zero attached hydrogens (tertiary/aromatic N) is 3. The van der Waals surface area contributed by atoms with E-state index in [9.17, 15) is 8.42 Å².